The van der Waals surface area contributed by atoms with Crippen molar-refractivity contribution < 1.29 is 18.8 Å². The molecule has 0 unspecified atom stereocenters. The first-order valence-electron chi connectivity index (χ1n) is 9.22. The molecule has 0 spiro atoms. The third kappa shape index (κ3) is 4.74. The van der Waals surface area contributed by atoms with Gasteiger partial charge in [0.25, 0.3) is 5.91 Å². The first kappa shape index (κ1) is 20.8. The van der Waals surface area contributed by atoms with Gasteiger partial charge in [-0.1, -0.05) is 25.4 Å². The molecule has 1 N–H and O–H groups in total. The van der Waals surface area contributed by atoms with Crippen molar-refractivity contribution in [2.24, 2.45) is 5.92 Å². The standard InChI is InChI=1S/C21H21ClFN3O3/c1-13(2)12-25-18(11-19(27)24-16-7-3-14(22)4-8-16)20(28)26(21(25)29)17-9-5-15(23)6-10-17/h3-10,13,18H,11-12H2,1-2H3,(H,24,27)/t18-/m1/s1. The summed E-state index contributed by atoms with van der Waals surface area (Å²) in [5.74, 6) is -1.27. The summed E-state index contributed by atoms with van der Waals surface area (Å²) in [6, 6.07) is 10.3. The highest BCUT2D eigenvalue weighted by Gasteiger charge is 2.46. The Labute approximate surface area is 173 Å². The van der Waals surface area contributed by atoms with Crippen LogP contribution in [0.25, 0.3) is 0 Å². The van der Waals surface area contributed by atoms with Gasteiger partial charge in [-0.15, -0.1) is 0 Å². The average molecular weight is 418 g/mol. The molecule has 1 fully saturated rings. The van der Waals surface area contributed by atoms with Crippen LogP contribution >= 0.6 is 11.6 Å². The summed E-state index contributed by atoms with van der Waals surface area (Å²) >= 11 is 5.84. The van der Waals surface area contributed by atoms with E-state index in [1.807, 2.05) is 13.8 Å². The lowest BCUT2D eigenvalue weighted by atomic mass is 10.1. The lowest BCUT2D eigenvalue weighted by Crippen LogP contribution is -2.40. The van der Waals surface area contributed by atoms with Crippen LogP contribution in [0.3, 0.4) is 0 Å². The maximum Gasteiger partial charge on any atom is 0.332 e. The van der Waals surface area contributed by atoms with Gasteiger partial charge in [-0.2, -0.15) is 0 Å². The van der Waals surface area contributed by atoms with Gasteiger partial charge in [-0.05, 0) is 54.4 Å². The molecule has 1 atom stereocenters. The third-order valence-corrected chi connectivity index (χ3v) is 4.72. The van der Waals surface area contributed by atoms with E-state index in [-0.39, 0.29) is 18.0 Å². The van der Waals surface area contributed by atoms with Gasteiger partial charge in [0, 0.05) is 17.3 Å². The zero-order valence-electron chi connectivity index (χ0n) is 16.1. The van der Waals surface area contributed by atoms with E-state index < -0.39 is 29.7 Å². The predicted octanol–water partition coefficient (Wildman–Crippen LogP) is 4.30. The monoisotopic (exact) mass is 417 g/mol. The van der Waals surface area contributed by atoms with E-state index in [0.29, 0.717) is 17.3 Å². The Hall–Kier alpha value is -2.93. The van der Waals surface area contributed by atoms with Gasteiger partial charge in [0.2, 0.25) is 5.91 Å². The number of hydrogen-bond donors (Lipinski definition) is 1. The summed E-state index contributed by atoms with van der Waals surface area (Å²) in [5, 5.41) is 3.25. The highest BCUT2D eigenvalue weighted by atomic mass is 35.5. The van der Waals surface area contributed by atoms with Crippen molar-refractivity contribution >= 4 is 40.8 Å². The minimum atomic E-state index is -0.928. The van der Waals surface area contributed by atoms with Crippen LogP contribution in [0.1, 0.15) is 20.3 Å². The molecule has 29 heavy (non-hydrogen) atoms. The highest BCUT2D eigenvalue weighted by Crippen LogP contribution is 2.28. The van der Waals surface area contributed by atoms with E-state index in [0.717, 1.165) is 4.90 Å². The number of nitrogens with one attached hydrogen (secondary N) is 1. The van der Waals surface area contributed by atoms with Crippen LogP contribution in [0.4, 0.5) is 20.6 Å². The molecule has 2 aromatic carbocycles. The van der Waals surface area contributed by atoms with E-state index in [2.05, 4.69) is 5.32 Å². The van der Waals surface area contributed by atoms with E-state index in [4.69, 9.17) is 11.6 Å². The predicted molar refractivity (Wildman–Crippen MR) is 109 cm³/mol. The minimum Gasteiger partial charge on any atom is -0.326 e. The molecule has 0 bridgehead atoms. The van der Waals surface area contributed by atoms with Crippen molar-refractivity contribution in [3.05, 3.63) is 59.4 Å². The van der Waals surface area contributed by atoms with Crippen molar-refractivity contribution in [2.45, 2.75) is 26.3 Å². The number of nitrogens with zero attached hydrogens (tertiary/aromatic N) is 2. The molecule has 3 rings (SSSR count). The molecule has 6 nitrogen and oxygen atoms in total. The smallest absolute Gasteiger partial charge is 0.326 e. The molecule has 1 heterocycles. The Balaban J connectivity index is 1.81. The van der Waals surface area contributed by atoms with Crippen LogP contribution < -0.4 is 10.2 Å². The summed E-state index contributed by atoms with van der Waals surface area (Å²) in [7, 11) is 0. The van der Waals surface area contributed by atoms with Crippen LogP contribution in [0.15, 0.2) is 48.5 Å². The van der Waals surface area contributed by atoms with Crippen LogP contribution in [0.5, 0.6) is 0 Å². The zero-order valence-corrected chi connectivity index (χ0v) is 16.8. The second-order valence-electron chi connectivity index (χ2n) is 7.25. The summed E-state index contributed by atoms with van der Waals surface area (Å²) in [4.78, 5) is 40.8. The Morgan fingerprint density at radius 1 is 1.10 bits per heavy atom. The highest BCUT2D eigenvalue weighted by molar-refractivity contribution is 6.30. The van der Waals surface area contributed by atoms with Crippen molar-refractivity contribution in [3.63, 3.8) is 0 Å². The number of benzene rings is 2. The van der Waals surface area contributed by atoms with Gasteiger partial charge in [0.1, 0.15) is 11.9 Å². The zero-order chi connectivity index (χ0) is 21.1. The van der Waals surface area contributed by atoms with Crippen LogP contribution in [0.2, 0.25) is 5.02 Å². The number of urea groups is 1. The second-order valence-corrected chi connectivity index (χ2v) is 7.69. The Morgan fingerprint density at radius 3 is 2.31 bits per heavy atom. The molecular weight excluding hydrogens is 397 g/mol. The van der Waals surface area contributed by atoms with Crippen molar-refractivity contribution in [2.75, 3.05) is 16.8 Å². The summed E-state index contributed by atoms with van der Waals surface area (Å²) < 4.78 is 13.2. The SMILES string of the molecule is CC(C)CN1C(=O)N(c2ccc(F)cc2)C(=O)[C@H]1CC(=O)Nc1ccc(Cl)cc1. The molecule has 1 aliphatic heterocycles. The Morgan fingerprint density at radius 2 is 1.72 bits per heavy atom. The normalized spacial score (nSPS) is 16.7. The van der Waals surface area contributed by atoms with Gasteiger partial charge in [0.05, 0.1) is 12.1 Å². The van der Waals surface area contributed by atoms with Gasteiger partial charge in [-0.25, -0.2) is 14.1 Å². The lowest BCUT2D eigenvalue weighted by Gasteiger charge is -2.23. The number of hydrogen-bond acceptors (Lipinski definition) is 3. The minimum absolute atomic E-state index is 0.0988. The molecule has 0 radical (unpaired) electrons. The maximum atomic E-state index is 13.2. The number of carbonyl (C=O) groups is 3. The Bertz CT molecular complexity index is 916. The van der Waals surface area contributed by atoms with Gasteiger partial charge < -0.3 is 10.2 Å². The largest absolute Gasteiger partial charge is 0.332 e. The fraction of sp³-hybridized carbons (Fsp3) is 0.286. The average Bonchev–Trinajstić information content (AvgIpc) is 2.88. The molecule has 0 aromatic heterocycles. The quantitative estimate of drug-likeness (QED) is 0.712. The molecule has 1 saturated heterocycles. The molecule has 8 heteroatoms. The maximum absolute atomic E-state index is 13.2. The molecular formula is C21H21ClFN3O3. The fourth-order valence-corrected chi connectivity index (χ4v) is 3.31. The van der Waals surface area contributed by atoms with E-state index in [1.165, 1.54) is 29.2 Å². The van der Waals surface area contributed by atoms with Gasteiger partial charge >= 0.3 is 6.03 Å². The molecule has 0 saturated carbocycles. The summed E-state index contributed by atoms with van der Waals surface area (Å²) in [6.45, 7) is 4.16. The number of amides is 4. The molecule has 2 aromatic rings. The first-order valence-corrected chi connectivity index (χ1v) is 9.59. The number of carbonyl (C=O) groups excluding carboxylic acids is 3. The van der Waals surface area contributed by atoms with Crippen molar-refractivity contribution in [1.82, 2.24) is 4.90 Å². The van der Waals surface area contributed by atoms with Gasteiger partial charge in [0.15, 0.2) is 0 Å². The molecule has 1 aliphatic rings. The molecule has 0 aliphatic carbocycles. The van der Waals surface area contributed by atoms with Crippen LogP contribution in [-0.4, -0.2) is 35.3 Å². The first-order chi connectivity index (χ1) is 13.8. The molecule has 152 valence electrons. The van der Waals surface area contributed by atoms with E-state index >= 15 is 0 Å². The number of halogens is 2. The van der Waals surface area contributed by atoms with Crippen molar-refractivity contribution in [1.29, 1.82) is 0 Å². The fourth-order valence-electron chi connectivity index (χ4n) is 3.18. The summed E-state index contributed by atoms with van der Waals surface area (Å²) in [6.07, 6.45) is -0.183. The van der Waals surface area contributed by atoms with E-state index in [9.17, 15) is 18.8 Å². The third-order valence-electron chi connectivity index (χ3n) is 4.47. The Kier molecular flexibility index (Phi) is 6.17. The lowest BCUT2D eigenvalue weighted by molar-refractivity contribution is -0.124. The number of imide groups is 1. The second kappa shape index (κ2) is 8.61. The summed E-state index contributed by atoms with van der Waals surface area (Å²) in [5.41, 5.74) is 0.817. The topological polar surface area (TPSA) is 69.7 Å². The number of anilines is 2. The van der Waals surface area contributed by atoms with Crippen LogP contribution in [-0.2, 0) is 9.59 Å². The van der Waals surface area contributed by atoms with Crippen LogP contribution in [0, 0.1) is 11.7 Å². The molecule has 4 amide bonds. The van der Waals surface area contributed by atoms with Gasteiger partial charge in [-0.3, -0.25) is 9.59 Å². The van der Waals surface area contributed by atoms with E-state index in [1.54, 1.807) is 24.3 Å². The number of rotatable bonds is 6. The van der Waals surface area contributed by atoms with Crippen molar-refractivity contribution in [3.8, 4) is 0 Å².